The molecular weight excluding hydrogens is 200 g/mol. The van der Waals surface area contributed by atoms with Crippen LogP contribution in [0.25, 0.3) is 0 Å². The molecule has 0 aromatic carbocycles. The Labute approximate surface area is 85.6 Å². The van der Waals surface area contributed by atoms with Crippen molar-refractivity contribution in [2.45, 2.75) is 6.42 Å². The lowest BCUT2D eigenvalue weighted by Crippen LogP contribution is -2.45. The fourth-order valence-electron chi connectivity index (χ4n) is 2.27. The van der Waals surface area contributed by atoms with Crippen LogP contribution in [0.2, 0.25) is 0 Å². The molecule has 1 unspecified atom stereocenters. The summed E-state index contributed by atoms with van der Waals surface area (Å²) in [4.78, 5) is 2.38. The molecule has 0 spiro atoms. The molecule has 14 heavy (non-hydrogen) atoms. The van der Waals surface area contributed by atoms with Gasteiger partial charge in [0.2, 0.25) is 0 Å². The number of hydrogen-bond acceptors (Lipinski definition) is 4. The summed E-state index contributed by atoms with van der Waals surface area (Å²) in [5.74, 6) is 1.21. The Hall–Kier alpha value is -0.130. The lowest BCUT2D eigenvalue weighted by molar-refractivity contribution is 0.213. The predicted octanol–water partition coefficient (Wildman–Crippen LogP) is -0.674. The van der Waals surface area contributed by atoms with E-state index in [0.717, 1.165) is 39.1 Å². The third kappa shape index (κ3) is 2.68. The zero-order valence-electron chi connectivity index (χ0n) is 8.41. The Morgan fingerprint density at radius 2 is 2.00 bits per heavy atom. The van der Waals surface area contributed by atoms with Crippen LogP contribution in [0.1, 0.15) is 6.42 Å². The molecule has 2 aliphatic rings. The van der Waals surface area contributed by atoms with Crippen LogP contribution >= 0.6 is 0 Å². The highest BCUT2D eigenvalue weighted by atomic mass is 32.2. The van der Waals surface area contributed by atoms with E-state index < -0.39 is 9.84 Å². The molecular formula is C9H18N2O2S. The van der Waals surface area contributed by atoms with E-state index in [1.54, 1.807) is 0 Å². The maximum absolute atomic E-state index is 11.3. The Morgan fingerprint density at radius 3 is 2.57 bits per heavy atom. The largest absolute Gasteiger partial charge is 0.314 e. The highest BCUT2D eigenvalue weighted by Gasteiger charge is 2.29. The molecule has 0 aliphatic carbocycles. The first-order chi connectivity index (χ1) is 6.66. The molecule has 4 nitrogen and oxygen atoms in total. The first kappa shape index (κ1) is 10.4. The van der Waals surface area contributed by atoms with Gasteiger partial charge in [-0.25, -0.2) is 8.42 Å². The fraction of sp³-hybridized carbons (Fsp3) is 1.00. The van der Waals surface area contributed by atoms with Crippen LogP contribution in [0.4, 0.5) is 0 Å². The lowest BCUT2D eigenvalue weighted by Gasteiger charge is -2.29. The van der Waals surface area contributed by atoms with Crippen molar-refractivity contribution in [2.24, 2.45) is 5.92 Å². The SMILES string of the molecule is O=S1(=O)CCC(CN2CCNCC2)C1. The molecule has 0 radical (unpaired) electrons. The van der Waals surface area contributed by atoms with E-state index >= 15 is 0 Å². The molecule has 0 amide bonds. The summed E-state index contributed by atoms with van der Waals surface area (Å²) in [5, 5.41) is 3.30. The molecule has 2 aliphatic heterocycles. The third-order valence-electron chi connectivity index (χ3n) is 3.05. The van der Waals surface area contributed by atoms with Crippen LogP contribution in [-0.4, -0.2) is 57.5 Å². The number of sulfone groups is 1. The van der Waals surface area contributed by atoms with Gasteiger partial charge in [0.15, 0.2) is 9.84 Å². The zero-order valence-corrected chi connectivity index (χ0v) is 9.22. The van der Waals surface area contributed by atoms with Gasteiger partial charge in [0.05, 0.1) is 11.5 Å². The summed E-state index contributed by atoms with van der Waals surface area (Å²) < 4.78 is 22.5. The van der Waals surface area contributed by atoms with Crippen molar-refractivity contribution in [2.75, 3.05) is 44.2 Å². The van der Waals surface area contributed by atoms with Crippen molar-refractivity contribution in [1.29, 1.82) is 0 Å². The Balaban J connectivity index is 1.80. The van der Waals surface area contributed by atoms with Crippen LogP contribution in [0.3, 0.4) is 0 Å². The minimum absolute atomic E-state index is 0.387. The van der Waals surface area contributed by atoms with E-state index in [2.05, 4.69) is 10.2 Å². The summed E-state index contributed by atoms with van der Waals surface area (Å²) in [7, 11) is -2.69. The van der Waals surface area contributed by atoms with Crippen LogP contribution in [0.5, 0.6) is 0 Å². The number of nitrogens with one attached hydrogen (secondary N) is 1. The lowest BCUT2D eigenvalue weighted by atomic mass is 10.1. The standard InChI is InChI=1S/C9H18N2O2S/c12-14(13)6-1-9(8-14)7-11-4-2-10-3-5-11/h9-10H,1-8H2. The van der Waals surface area contributed by atoms with Gasteiger partial charge in [-0.2, -0.15) is 0 Å². The second kappa shape index (κ2) is 4.16. The first-order valence-corrected chi connectivity index (χ1v) is 7.11. The van der Waals surface area contributed by atoms with Gasteiger partial charge in [-0.1, -0.05) is 0 Å². The highest BCUT2D eigenvalue weighted by molar-refractivity contribution is 7.91. The van der Waals surface area contributed by atoms with Crippen LogP contribution in [0.15, 0.2) is 0 Å². The number of rotatable bonds is 2. The maximum Gasteiger partial charge on any atom is 0.150 e. The second-order valence-corrected chi connectivity index (χ2v) is 6.55. The van der Waals surface area contributed by atoms with Gasteiger partial charge in [-0.3, -0.25) is 0 Å². The van der Waals surface area contributed by atoms with Gasteiger partial charge in [-0.05, 0) is 12.3 Å². The first-order valence-electron chi connectivity index (χ1n) is 5.29. The molecule has 5 heteroatoms. The van der Waals surface area contributed by atoms with Crippen molar-refractivity contribution in [3.8, 4) is 0 Å². The van der Waals surface area contributed by atoms with E-state index in [1.165, 1.54) is 0 Å². The van der Waals surface area contributed by atoms with E-state index in [4.69, 9.17) is 0 Å². The normalized spacial score (nSPS) is 33.3. The third-order valence-corrected chi connectivity index (χ3v) is 4.89. The summed E-state index contributed by atoms with van der Waals surface area (Å²) in [6.07, 6.45) is 0.867. The van der Waals surface area contributed by atoms with Crippen molar-refractivity contribution in [3.63, 3.8) is 0 Å². The van der Waals surface area contributed by atoms with Gasteiger partial charge >= 0.3 is 0 Å². The molecule has 0 saturated carbocycles. The molecule has 0 bridgehead atoms. The quantitative estimate of drug-likeness (QED) is 0.667. The van der Waals surface area contributed by atoms with Gasteiger partial charge in [0, 0.05) is 32.7 Å². The van der Waals surface area contributed by atoms with Crippen LogP contribution < -0.4 is 5.32 Å². The Bertz CT molecular complexity index is 283. The smallest absolute Gasteiger partial charge is 0.150 e. The van der Waals surface area contributed by atoms with Crippen molar-refractivity contribution in [1.82, 2.24) is 10.2 Å². The summed E-state index contributed by atoms with van der Waals surface area (Å²) in [6.45, 7) is 5.19. The Morgan fingerprint density at radius 1 is 1.29 bits per heavy atom. The molecule has 1 atom stereocenters. The number of hydrogen-bond donors (Lipinski definition) is 1. The molecule has 2 heterocycles. The van der Waals surface area contributed by atoms with Gasteiger partial charge in [0.1, 0.15) is 0 Å². The maximum atomic E-state index is 11.3. The zero-order chi connectivity index (χ0) is 10.0. The number of piperazine rings is 1. The number of nitrogens with zero attached hydrogens (tertiary/aromatic N) is 1. The fourth-order valence-corrected chi connectivity index (χ4v) is 4.12. The average Bonchev–Trinajstić information content (AvgIpc) is 2.47. The van der Waals surface area contributed by atoms with Crippen molar-refractivity contribution < 1.29 is 8.42 Å². The van der Waals surface area contributed by atoms with E-state index in [0.29, 0.717) is 17.4 Å². The van der Waals surface area contributed by atoms with Gasteiger partial charge in [0.25, 0.3) is 0 Å². The molecule has 82 valence electrons. The minimum Gasteiger partial charge on any atom is -0.314 e. The summed E-state index contributed by atoms with van der Waals surface area (Å²) in [5.41, 5.74) is 0. The summed E-state index contributed by atoms with van der Waals surface area (Å²) in [6, 6.07) is 0. The second-order valence-electron chi connectivity index (χ2n) is 4.32. The molecule has 2 rings (SSSR count). The minimum atomic E-state index is -2.69. The molecule has 1 N–H and O–H groups in total. The monoisotopic (exact) mass is 218 g/mol. The topological polar surface area (TPSA) is 49.4 Å². The van der Waals surface area contributed by atoms with Crippen LogP contribution in [0, 0.1) is 5.92 Å². The van der Waals surface area contributed by atoms with Gasteiger partial charge < -0.3 is 10.2 Å². The summed E-state index contributed by atoms with van der Waals surface area (Å²) >= 11 is 0. The Kier molecular flexibility index (Phi) is 3.09. The molecule has 0 aromatic heterocycles. The van der Waals surface area contributed by atoms with Crippen molar-refractivity contribution >= 4 is 9.84 Å². The highest BCUT2D eigenvalue weighted by Crippen LogP contribution is 2.19. The van der Waals surface area contributed by atoms with Gasteiger partial charge in [-0.15, -0.1) is 0 Å². The van der Waals surface area contributed by atoms with E-state index in [-0.39, 0.29) is 0 Å². The molecule has 2 fully saturated rings. The molecule has 0 aromatic rings. The average molecular weight is 218 g/mol. The molecule has 2 saturated heterocycles. The predicted molar refractivity (Wildman–Crippen MR) is 56.1 cm³/mol. The van der Waals surface area contributed by atoms with Crippen LogP contribution in [-0.2, 0) is 9.84 Å². The van der Waals surface area contributed by atoms with Crippen molar-refractivity contribution in [3.05, 3.63) is 0 Å². The van der Waals surface area contributed by atoms with E-state index in [9.17, 15) is 8.42 Å². The van der Waals surface area contributed by atoms with E-state index in [1.807, 2.05) is 0 Å².